The molecule has 2 nitrogen and oxygen atoms in total. The molecule has 0 aliphatic carbocycles. The number of benzene rings is 7. The Bertz CT molecular complexity index is 2130. The minimum atomic E-state index is 0.929. The Morgan fingerprint density at radius 2 is 1.11 bits per heavy atom. The second-order valence-corrected chi connectivity index (χ2v) is 9.81. The van der Waals surface area contributed by atoms with Crippen molar-refractivity contribution in [2.24, 2.45) is 0 Å². The normalized spacial score (nSPS) is 11.7. The zero-order chi connectivity index (χ0) is 25.1. The lowest BCUT2D eigenvalue weighted by Crippen LogP contribution is -2.10. The molecular weight excluding hydrogens is 462 g/mol. The van der Waals surface area contributed by atoms with E-state index in [1.807, 2.05) is 12.1 Å². The molecule has 0 aliphatic heterocycles. The number of anilines is 3. The van der Waals surface area contributed by atoms with E-state index in [0.29, 0.717) is 0 Å². The smallest absolute Gasteiger partial charge is 0.136 e. The molecule has 0 aliphatic rings. The van der Waals surface area contributed by atoms with E-state index in [1.165, 1.54) is 38.0 Å². The van der Waals surface area contributed by atoms with Crippen LogP contribution in [0.1, 0.15) is 0 Å². The third-order valence-corrected chi connectivity index (χ3v) is 7.60. The molecule has 1 heterocycles. The summed E-state index contributed by atoms with van der Waals surface area (Å²) in [6.07, 6.45) is 0. The fourth-order valence-corrected chi connectivity index (χ4v) is 5.82. The van der Waals surface area contributed by atoms with Crippen LogP contribution in [-0.4, -0.2) is 0 Å². The van der Waals surface area contributed by atoms with E-state index in [1.54, 1.807) is 0 Å². The van der Waals surface area contributed by atoms with Gasteiger partial charge in [-0.3, -0.25) is 0 Å². The van der Waals surface area contributed by atoms with Gasteiger partial charge in [0.1, 0.15) is 11.2 Å². The Labute approximate surface area is 220 Å². The predicted molar refractivity (Wildman–Crippen MR) is 161 cm³/mol. The van der Waals surface area contributed by atoms with Gasteiger partial charge in [0.15, 0.2) is 0 Å². The van der Waals surface area contributed by atoms with Gasteiger partial charge in [0.2, 0.25) is 0 Å². The highest BCUT2D eigenvalue weighted by Gasteiger charge is 2.16. The standard InChI is InChI=1S/C36H23NO/c1-2-11-27(12-3-1)37(34-15-8-10-24-9-4-5-13-30(24)34)28-19-20-29-25(21-28)17-18-26-22-36-33(23-32(26)29)31-14-6-7-16-35(31)38-36/h1-23H. The van der Waals surface area contributed by atoms with Crippen LogP contribution in [0.5, 0.6) is 0 Å². The van der Waals surface area contributed by atoms with Crippen molar-refractivity contribution in [1.29, 1.82) is 0 Å². The van der Waals surface area contributed by atoms with Crippen LogP contribution in [0.4, 0.5) is 17.1 Å². The van der Waals surface area contributed by atoms with Crippen molar-refractivity contribution in [2.75, 3.05) is 4.90 Å². The Balaban J connectivity index is 1.37. The topological polar surface area (TPSA) is 16.4 Å². The Kier molecular flexibility index (Phi) is 4.55. The summed E-state index contributed by atoms with van der Waals surface area (Å²) in [5, 5.41) is 9.65. The van der Waals surface area contributed by atoms with Gasteiger partial charge in [-0.15, -0.1) is 0 Å². The van der Waals surface area contributed by atoms with Crippen LogP contribution >= 0.6 is 0 Å². The van der Waals surface area contributed by atoms with Gasteiger partial charge >= 0.3 is 0 Å². The number of para-hydroxylation sites is 2. The van der Waals surface area contributed by atoms with Crippen molar-refractivity contribution < 1.29 is 4.42 Å². The van der Waals surface area contributed by atoms with Gasteiger partial charge in [0.05, 0.1) is 5.69 Å². The molecule has 178 valence electrons. The van der Waals surface area contributed by atoms with E-state index in [4.69, 9.17) is 4.42 Å². The first kappa shape index (κ1) is 21.0. The minimum Gasteiger partial charge on any atom is -0.456 e. The highest BCUT2D eigenvalue weighted by Crippen LogP contribution is 2.41. The largest absolute Gasteiger partial charge is 0.456 e. The summed E-state index contributed by atoms with van der Waals surface area (Å²) in [5.41, 5.74) is 5.30. The number of furan rings is 1. The molecule has 0 fully saturated rings. The molecule has 0 saturated carbocycles. The van der Waals surface area contributed by atoms with Crippen molar-refractivity contribution in [3.63, 3.8) is 0 Å². The van der Waals surface area contributed by atoms with Gasteiger partial charge in [0, 0.05) is 27.5 Å². The van der Waals surface area contributed by atoms with Gasteiger partial charge in [-0.05, 0) is 75.5 Å². The van der Waals surface area contributed by atoms with Crippen LogP contribution in [0, 0.1) is 0 Å². The molecule has 0 N–H and O–H groups in total. The number of hydrogen-bond donors (Lipinski definition) is 0. The monoisotopic (exact) mass is 485 g/mol. The molecule has 0 saturated heterocycles. The van der Waals surface area contributed by atoms with E-state index < -0.39 is 0 Å². The highest BCUT2D eigenvalue weighted by molar-refractivity contribution is 6.16. The van der Waals surface area contributed by atoms with E-state index >= 15 is 0 Å². The third kappa shape index (κ3) is 3.21. The Hall–Kier alpha value is -5.08. The summed E-state index contributed by atoms with van der Waals surface area (Å²) in [6, 6.07) is 49.7. The molecule has 0 spiro atoms. The first-order chi connectivity index (χ1) is 18.8. The molecule has 8 rings (SSSR count). The van der Waals surface area contributed by atoms with E-state index in [2.05, 4.69) is 132 Å². The predicted octanol–water partition coefficient (Wildman–Crippen LogP) is 10.5. The molecule has 0 radical (unpaired) electrons. The second kappa shape index (κ2) is 8.22. The van der Waals surface area contributed by atoms with Gasteiger partial charge in [-0.2, -0.15) is 0 Å². The summed E-state index contributed by atoms with van der Waals surface area (Å²) in [5.74, 6) is 0. The maximum atomic E-state index is 6.15. The van der Waals surface area contributed by atoms with Crippen molar-refractivity contribution in [3.8, 4) is 0 Å². The number of rotatable bonds is 3. The Morgan fingerprint density at radius 1 is 0.368 bits per heavy atom. The van der Waals surface area contributed by atoms with Crippen LogP contribution in [0.3, 0.4) is 0 Å². The van der Waals surface area contributed by atoms with Gasteiger partial charge < -0.3 is 9.32 Å². The molecule has 1 aromatic heterocycles. The van der Waals surface area contributed by atoms with Crippen LogP contribution in [0.25, 0.3) is 54.3 Å². The lowest BCUT2D eigenvalue weighted by atomic mass is 9.98. The molecule has 0 atom stereocenters. The summed E-state index contributed by atoms with van der Waals surface area (Å²) in [7, 11) is 0. The molecule has 7 aromatic carbocycles. The second-order valence-electron chi connectivity index (χ2n) is 9.81. The summed E-state index contributed by atoms with van der Waals surface area (Å²) in [4.78, 5) is 2.36. The summed E-state index contributed by atoms with van der Waals surface area (Å²) < 4.78 is 6.15. The lowest BCUT2D eigenvalue weighted by Gasteiger charge is -2.27. The maximum absolute atomic E-state index is 6.15. The average molecular weight is 486 g/mol. The minimum absolute atomic E-state index is 0.929. The van der Waals surface area contributed by atoms with Crippen molar-refractivity contribution >= 4 is 71.3 Å². The molecular formula is C36H23NO. The lowest BCUT2D eigenvalue weighted by molar-refractivity contribution is 0.669. The number of nitrogens with zero attached hydrogens (tertiary/aromatic N) is 1. The quantitative estimate of drug-likeness (QED) is 0.231. The first-order valence-corrected chi connectivity index (χ1v) is 12.9. The van der Waals surface area contributed by atoms with E-state index in [-0.39, 0.29) is 0 Å². The SMILES string of the molecule is c1ccc(N(c2ccc3c(ccc4cc5oc6ccccc6c5cc43)c2)c2cccc3ccccc23)cc1. The fraction of sp³-hybridized carbons (Fsp3) is 0. The zero-order valence-electron chi connectivity index (χ0n) is 20.6. The van der Waals surface area contributed by atoms with Crippen molar-refractivity contribution in [1.82, 2.24) is 0 Å². The third-order valence-electron chi connectivity index (χ3n) is 7.60. The molecule has 0 unspecified atom stereocenters. The van der Waals surface area contributed by atoms with Crippen molar-refractivity contribution in [3.05, 3.63) is 140 Å². The van der Waals surface area contributed by atoms with Gasteiger partial charge in [-0.25, -0.2) is 0 Å². The van der Waals surface area contributed by atoms with E-state index in [9.17, 15) is 0 Å². The maximum Gasteiger partial charge on any atom is 0.136 e. The molecule has 0 bridgehead atoms. The van der Waals surface area contributed by atoms with Crippen LogP contribution in [-0.2, 0) is 0 Å². The van der Waals surface area contributed by atoms with Gasteiger partial charge in [0.25, 0.3) is 0 Å². The number of fused-ring (bicyclic) bond motifs is 7. The zero-order valence-corrected chi connectivity index (χ0v) is 20.6. The van der Waals surface area contributed by atoms with Gasteiger partial charge in [-0.1, -0.05) is 91.0 Å². The summed E-state index contributed by atoms with van der Waals surface area (Å²) >= 11 is 0. The first-order valence-electron chi connectivity index (χ1n) is 12.9. The molecule has 38 heavy (non-hydrogen) atoms. The summed E-state index contributed by atoms with van der Waals surface area (Å²) in [6.45, 7) is 0. The number of hydrogen-bond acceptors (Lipinski definition) is 2. The average Bonchev–Trinajstić information content (AvgIpc) is 3.34. The molecule has 2 heteroatoms. The van der Waals surface area contributed by atoms with Crippen LogP contribution < -0.4 is 4.90 Å². The Morgan fingerprint density at radius 3 is 2.00 bits per heavy atom. The molecule has 0 amide bonds. The van der Waals surface area contributed by atoms with E-state index in [0.717, 1.165) is 33.3 Å². The fourth-order valence-electron chi connectivity index (χ4n) is 5.82. The molecule has 8 aromatic rings. The van der Waals surface area contributed by atoms with Crippen molar-refractivity contribution in [2.45, 2.75) is 0 Å². The van der Waals surface area contributed by atoms with Crippen LogP contribution in [0.15, 0.2) is 144 Å². The van der Waals surface area contributed by atoms with Crippen LogP contribution in [0.2, 0.25) is 0 Å². The highest BCUT2D eigenvalue weighted by atomic mass is 16.3.